The van der Waals surface area contributed by atoms with Crippen LogP contribution in [0, 0.1) is 6.92 Å². The van der Waals surface area contributed by atoms with Crippen LogP contribution in [0.4, 0.5) is 16.8 Å². The van der Waals surface area contributed by atoms with Crippen LogP contribution in [0.25, 0.3) is 0 Å². The molecule has 0 fully saturated rings. The first kappa shape index (κ1) is 15.4. The van der Waals surface area contributed by atoms with Gasteiger partial charge in [-0.2, -0.15) is 9.36 Å². The Morgan fingerprint density at radius 3 is 2.39 bits per heavy atom. The minimum absolute atomic E-state index is 0.0500. The van der Waals surface area contributed by atoms with Crippen molar-refractivity contribution in [3.05, 3.63) is 60.2 Å². The van der Waals surface area contributed by atoms with Gasteiger partial charge in [0.1, 0.15) is 0 Å². The van der Waals surface area contributed by atoms with Crippen LogP contribution in [-0.4, -0.2) is 17.8 Å². The van der Waals surface area contributed by atoms with Gasteiger partial charge in [0.25, 0.3) is 16.0 Å². The monoisotopic (exact) mass is 346 g/mol. The summed E-state index contributed by atoms with van der Waals surface area (Å²) in [5, 5.41) is 3.58. The summed E-state index contributed by atoms with van der Waals surface area (Å²) in [6.45, 7) is 1.90. The van der Waals surface area contributed by atoms with Gasteiger partial charge in [-0.05, 0) is 31.2 Å². The highest BCUT2D eigenvalue weighted by Crippen LogP contribution is 2.21. The Kier molecular flexibility index (Phi) is 4.26. The molecule has 0 bridgehead atoms. The number of hydrogen-bond donors (Lipinski definition) is 2. The third kappa shape index (κ3) is 3.85. The van der Waals surface area contributed by atoms with Gasteiger partial charge in [0.15, 0.2) is 0 Å². The molecule has 0 saturated heterocycles. The Balaban J connectivity index is 1.74. The molecule has 3 aromatic rings. The summed E-state index contributed by atoms with van der Waals surface area (Å²) in [5.41, 5.74) is 1.85. The molecule has 3 rings (SSSR count). The molecular weight excluding hydrogens is 332 g/mol. The van der Waals surface area contributed by atoms with Crippen LogP contribution in [-0.2, 0) is 10.0 Å². The van der Waals surface area contributed by atoms with Crippen LogP contribution in [0.3, 0.4) is 0 Å². The normalized spacial score (nSPS) is 11.2. The first-order valence-electron chi connectivity index (χ1n) is 6.78. The van der Waals surface area contributed by atoms with Crippen LogP contribution in [0.5, 0.6) is 0 Å². The van der Waals surface area contributed by atoms with Crippen LogP contribution in [0.2, 0.25) is 0 Å². The van der Waals surface area contributed by atoms with Gasteiger partial charge in [-0.3, -0.25) is 0 Å². The number of anilines is 3. The number of hydrogen-bond acceptors (Lipinski definition) is 6. The lowest BCUT2D eigenvalue weighted by molar-refractivity contribution is 0.601. The van der Waals surface area contributed by atoms with E-state index in [2.05, 4.69) is 19.4 Å². The summed E-state index contributed by atoms with van der Waals surface area (Å²) in [7, 11) is -3.69. The largest absolute Gasteiger partial charge is 0.330 e. The van der Waals surface area contributed by atoms with Gasteiger partial charge in [-0.25, -0.2) is 13.1 Å². The van der Waals surface area contributed by atoms with Gasteiger partial charge in [0, 0.05) is 17.2 Å². The molecule has 0 spiro atoms. The highest BCUT2D eigenvalue weighted by atomic mass is 32.2. The van der Waals surface area contributed by atoms with Crippen molar-refractivity contribution in [1.82, 2.24) is 9.36 Å². The number of aromatic nitrogens is 2. The molecule has 6 nitrogen and oxygen atoms in total. The molecule has 8 heteroatoms. The topological polar surface area (TPSA) is 84.0 Å². The summed E-state index contributed by atoms with van der Waals surface area (Å²) < 4.78 is 30.9. The zero-order chi connectivity index (χ0) is 16.3. The number of sulfonamides is 1. The Morgan fingerprint density at radius 2 is 1.70 bits per heavy atom. The maximum Gasteiger partial charge on any atom is 0.264 e. The zero-order valence-electron chi connectivity index (χ0n) is 12.2. The van der Waals surface area contributed by atoms with Gasteiger partial charge in [0.2, 0.25) is 5.13 Å². The fraction of sp³-hybridized carbons (Fsp3) is 0.0667. The standard InChI is InChI=1S/C15H14N4O2S2/c1-11-7-9-13(10-8-11)23(20,21)19-14-17-15(22-18-14)16-12-5-3-2-4-6-12/h2-10H,1H3,(H2,16,17,18,19). The number of rotatable bonds is 5. The van der Waals surface area contributed by atoms with Gasteiger partial charge >= 0.3 is 0 Å². The van der Waals surface area contributed by atoms with Crippen LogP contribution >= 0.6 is 11.5 Å². The first-order chi connectivity index (χ1) is 11.0. The molecule has 0 atom stereocenters. The van der Waals surface area contributed by atoms with E-state index in [9.17, 15) is 8.42 Å². The molecule has 1 heterocycles. The average Bonchev–Trinajstić information content (AvgIpc) is 2.95. The van der Waals surface area contributed by atoms with Crippen LogP contribution in [0.15, 0.2) is 59.5 Å². The Hall–Kier alpha value is -2.45. The minimum atomic E-state index is -3.69. The first-order valence-corrected chi connectivity index (χ1v) is 9.04. The van der Waals surface area contributed by atoms with E-state index in [1.807, 2.05) is 37.3 Å². The highest BCUT2D eigenvalue weighted by Gasteiger charge is 2.16. The van der Waals surface area contributed by atoms with E-state index >= 15 is 0 Å². The maximum absolute atomic E-state index is 12.3. The zero-order valence-corrected chi connectivity index (χ0v) is 13.9. The Morgan fingerprint density at radius 1 is 1.00 bits per heavy atom. The Labute approximate surface area is 138 Å². The van der Waals surface area contributed by atoms with Crippen molar-refractivity contribution in [3.63, 3.8) is 0 Å². The molecule has 0 aliphatic rings. The molecule has 0 unspecified atom stereocenters. The summed E-state index contributed by atoms with van der Waals surface area (Å²) in [4.78, 5) is 4.32. The quantitative estimate of drug-likeness (QED) is 0.740. The van der Waals surface area contributed by atoms with E-state index in [-0.39, 0.29) is 10.8 Å². The van der Waals surface area contributed by atoms with Gasteiger partial charge < -0.3 is 5.32 Å². The van der Waals surface area contributed by atoms with Crippen molar-refractivity contribution >= 4 is 38.3 Å². The van der Waals surface area contributed by atoms with E-state index in [4.69, 9.17) is 0 Å². The lowest BCUT2D eigenvalue weighted by Gasteiger charge is -2.04. The van der Waals surface area contributed by atoms with Crippen LogP contribution in [0.1, 0.15) is 5.56 Å². The van der Waals surface area contributed by atoms with Crippen molar-refractivity contribution < 1.29 is 8.42 Å². The minimum Gasteiger partial charge on any atom is -0.330 e. The van der Waals surface area contributed by atoms with Crippen molar-refractivity contribution in [2.75, 3.05) is 10.0 Å². The average molecular weight is 346 g/mol. The lowest BCUT2D eigenvalue weighted by Crippen LogP contribution is -2.13. The predicted molar refractivity (Wildman–Crippen MR) is 91.6 cm³/mol. The molecule has 0 radical (unpaired) electrons. The van der Waals surface area contributed by atoms with E-state index in [1.54, 1.807) is 24.3 Å². The second-order valence-corrected chi connectivity index (χ2v) is 7.27. The Bertz CT molecular complexity index is 891. The molecule has 0 saturated carbocycles. The van der Waals surface area contributed by atoms with Gasteiger partial charge in [-0.1, -0.05) is 35.9 Å². The van der Waals surface area contributed by atoms with Crippen molar-refractivity contribution in [2.24, 2.45) is 0 Å². The summed E-state index contributed by atoms with van der Waals surface area (Å²) in [6.07, 6.45) is 0. The molecule has 0 amide bonds. The van der Waals surface area contributed by atoms with Crippen molar-refractivity contribution in [3.8, 4) is 0 Å². The second kappa shape index (κ2) is 6.35. The van der Waals surface area contributed by atoms with E-state index in [1.165, 1.54) is 0 Å². The lowest BCUT2D eigenvalue weighted by atomic mass is 10.2. The maximum atomic E-state index is 12.3. The highest BCUT2D eigenvalue weighted by molar-refractivity contribution is 7.92. The van der Waals surface area contributed by atoms with Crippen LogP contribution < -0.4 is 10.0 Å². The SMILES string of the molecule is Cc1ccc(S(=O)(=O)Nc2nsc(Nc3ccccc3)n2)cc1. The molecule has 2 N–H and O–H groups in total. The number of nitrogens with zero attached hydrogens (tertiary/aromatic N) is 2. The molecule has 118 valence electrons. The van der Waals surface area contributed by atoms with Crippen molar-refractivity contribution in [1.29, 1.82) is 0 Å². The number of aryl methyl sites for hydroxylation is 1. The molecule has 23 heavy (non-hydrogen) atoms. The fourth-order valence-electron chi connectivity index (χ4n) is 1.86. The van der Waals surface area contributed by atoms with Gasteiger partial charge in [0.05, 0.1) is 4.90 Å². The van der Waals surface area contributed by atoms with E-state index < -0.39 is 10.0 Å². The number of para-hydroxylation sites is 1. The van der Waals surface area contributed by atoms with E-state index in [0.29, 0.717) is 5.13 Å². The number of nitrogens with one attached hydrogen (secondary N) is 2. The molecule has 1 aromatic heterocycles. The fourth-order valence-corrected chi connectivity index (χ4v) is 3.41. The predicted octanol–water partition coefficient (Wildman–Crippen LogP) is 3.39. The molecule has 2 aromatic carbocycles. The third-order valence-corrected chi connectivity index (χ3v) is 4.98. The van der Waals surface area contributed by atoms with Crippen molar-refractivity contribution in [2.45, 2.75) is 11.8 Å². The molecule has 0 aliphatic heterocycles. The van der Waals surface area contributed by atoms with E-state index in [0.717, 1.165) is 22.8 Å². The number of benzene rings is 2. The molecular formula is C15H14N4O2S2. The summed E-state index contributed by atoms with van der Waals surface area (Å²) in [5.74, 6) is 0.0500. The van der Waals surface area contributed by atoms with Gasteiger partial charge in [-0.15, -0.1) is 0 Å². The third-order valence-electron chi connectivity index (χ3n) is 3.01. The second-order valence-electron chi connectivity index (χ2n) is 4.83. The summed E-state index contributed by atoms with van der Waals surface area (Å²) in [6, 6.07) is 16.0. The molecule has 0 aliphatic carbocycles. The summed E-state index contributed by atoms with van der Waals surface area (Å²) >= 11 is 1.08. The smallest absolute Gasteiger partial charge is 0.264 e.